The average molecular weight is 248 g/mol. The molecule has 1 aliphatic carbocycles. The molecule has 2 rings (SSSR count). The van der Waals surface area contributed by atoms with Crippen LogP contribution in [0.5, 0.6) is 0 Å². The molecule has 2 aliphatic rings. The summed E-state index contributed by atoms with van der Waals surface area (Å²) in [4.78, 5) is 4.12. The molecule has 0 bridgehead atoms. The molecular weight excluding hydrogens is 232 g/mol. The van der Waals surface area contributed by atoms with Crippen LogP contribution in [0.2, 0.25) is 0 Å². The smallest absolute Gasteiger partial charge is 0.292 e. The molecule has 6 heteroatoms. The van der Waals surface area contributed by atoms with Crippen molar-refractivity contribution in [2.45, 2.75) is 26.2 Å². The predicted molar refractivity (Wildman–Crippen MR) is 62.9 cm³/mol. The van der Waals surface area contributed by atoms with E-state index in [-0.39, 0.29) is 5.84 Å². The van der Waals surface area contributed by atoms with Crippen molar-refractivity contribution in [3.8, 4) is 12.1 Å². The van der Waals surface area contributed by atoms with Crippen LogP contribution in [0.15, 0.2) is 4.99 Å². The maximum Gasteiger partial charge on any atom is 0.292 e. The Morgan fingerprint density at radius 1 is 1.28 bits per heavy atom. The van der Waals surface area contributed by atoms with Crippen LogP contribution in [-0.2, 0) is 9.47 Å². The Balaban J connectivity index is 2.77. The topological polar surface area (TPSA) is 104 Å². The molecule has 0 saturated heterocycles. The standard InChI is InChI=1S/C12H16N4O2/c1-5-9(2)10(6-13)8(15)16-12(17-3,18-4)11(9,10)7-14/h5H2,1-4H3,(H2,15,16)/t9-,10-,11+/m0/s1. The molecule has 1 saturated carbocycles. The second-order valence-electron chi connectivity index (χ2n) is 4.90. The highest BCUT2D eigenvalue weighted by atomic mass is 16.7. The monoisotopic (exact) mass is 248 g/mol. The maximum atomic E-state index is 9.66. The zero-order valence-corrected chi connectivity index (χ0v) is 10.9. The normalized spacial score (nSPS) is 43.6. The summed E-state index contributed by atoms with van der Waals surface area (Å²) < 4.78 is 10.7. The summed E-state index contributed by atoms with van der Waals surface area (Å²) >= 11 is 0. The van der Waals surface area contributed by atoms with Gasteiger partial charge in [0.2, 0.25) is 0 Å². The second kappa shape index (κ2) is 3.23. The lowest BCUT2D eigenvalue weighted by Crippen LogP contribution is -2.43. The number of nitrogens with two attached hydrogens (primary N) is 1. The van der Waals surface area contributed by atoms with Crippen molar-refractivity contribution in [3.05, 3.63) is 0 Å². The molecule has 18 heavy (non-hydrogen) atoms. The highest BCUT2D eigenvalue weighted by Gasteiger charge is 2.98. The van der Waals surface area contributed by atoms with Gasteiger partial charge in [0.1, 0.15) is 11.3 Å². The van der Waals surface area contributed by atoms with Crippen molar-refractivity contribution < 1.29 is 9.47 Å². The van der Waals surface area contributed by atoms with Crippen molar-refractivity contribution in [1.82, 2.24) is 0 Å². The van der Waals surface area contributed by atoms with Gasteiger partial charge in [-0.1, -0.05) is 13.8 Å². The van der Waals surface area contributed by atoms with Gasteiger partial charge in [-0.3, -0.25) is 0 Å². The van der Waals surface area contributed by atoms with Gasteiger partial charge < -0.3 is 15.2 Å². The zero-order valence-electron chi connectivity index (χ0n) is 10.9. The maximum absolute atomic E-state index is 9.66. The number of hydrogen-bond donors (Lipinski definition) is 1. The number of nitriles is 2. The summed E-state index contributed by atoms with van der Waals surface area (Å²) in [7, 11) is 2.81. The molecule has 6 nitrogen and oxygen atoms in total. The van der Waals surface area contributed by atoms with Crippen LogP contribution in [-0.4, -0.2) is 26.0 Å². The molecule has 1 fully saturated rings. The molecule has 0 aromatic rings. The molecule has 96 valence electrons. The van der Waals surface area contributed by atoms with E-state index in [0.29, 0.717) is 6.42 Å². The van der Waals surface area contributed by atoms with Gasteiger partial charge in [0.25, 0.3) is 5.91 Å². The lowest BCUT2D eigenvalue weighted by atomic mass is 9.89. The van der Waals surface area contributed by atoms with Crippen LogP contribution < -0.4 is 5.73 Å². The molecule has 1 heterocycles. The minimum atomic E-state index is -1.49. The zero-order chi connectivity index (χ0) is 13.8. The van der Waals surface area contributed by atoms with E-state index in [9.17, 15) is 10.5 Å². The Hall–Kier alpha value is -1.63. The van der Waals surface area contributed by atoms with E-state index in [1.54, 1.807) is 0 Å². The van der Waals surface area contributed by atoms with E-state index in [2.05, 4.69) is 17.1 Å². The average Bonchev–Trinajstić information content (AvgIpc) is 2.80. The van der Waals surface area contributed by atoms with Crippen LogP contribution in [0.25, 0.3) is 0 Å². The number of aliphatic imine (C=N–C) groups is 1. The number of rotatable bonds is 3. The molecule has 1 aliphatic heterocycles. The molecule has 0 radical (unpaired) electrons. The first-order valence-corrected chi connectivity index (χ1v) is 5.72. The third-order valence-electron chi connectivity index (χ3n) is 4.88. The summed E-state index contributed by atoms with van der Waals surface area (Å²) in [5, 5.41) is 19.2. The van der Waals surface area contributed by atoms with Crippen molar-refractivity contribution >= 4 is 5.84 Å². The number of nitrogens with zero attached hydrogens (tertiary/aromatic N) is 3. The fourth-order valence-electron chi connectivity index (χ4n) is 3.72. The minimum Gasteiger partial charge on any atom is -0.386 e. The highest BCUT2D eigenvalue weighted by Crippen LogP contribution is 2.86. The van der Waals surface area contributed by atoms with Gasteiger partial charge in [0, 0.05) is 19.6 Å². The van der Waals surface area contributed by atoms with Crippen molar-refractivity contribution in [1.29, 1.82) is 10.5 Å². The van der Waals surface area contributed by atoms with E-state index >= 15 is 0 Å². The van der Waals surface area contributed by atoms with Crippen LogP contribution in [0.1, 0.15) is 20.3 Å². The summed E-state index contributed by atoms with van der Waals surface area (Å²) in [6.45, 7) is 3.77. The van der Waals surface area contributed by atoms with Gasteiger partial charge in [-0.05, 0) is 6.42 Å². The molecule has 0 amide bonds. The molecule has 3 atom stereocenters. The Kier molecular flexibility index (Phi) is 2.30. The first kappa shape index (κ1) is 12.8. The Labute approximate surface area is 106 Å². The third-order valence-corrected chi connectivity index (χ3v) is 4.88. The molecule has 0 aromatic carbocycles. The van der Waals surface area contributed by atoms with Crippen LogP contribution in [0.4, 0.5) is 0 Å². The van der Waals surface area contributed by atoms with E-state index in [0.717, 1.165) is 0 Å². The molecule has 0 unspecified atom stereocenters. The molecular formula is C12H16N4O2. The van der Waals surface area contributed by atoms with Gasteiger partial charge >= 0.3 is 0 Å². The van der Waals surface area contributed by atoms with Gasteiger partial charge in [-0.15, -0.1) is 0 Å². The minimum absolute atomic E-state index is 0.125. The molecule has 0 aromatic heterocycles. The first-order valence-electron chi connectivity index (χ1n) is 5.72. The number of amidine groups is 1. The predicted octanol–water partition coefficient (Wildman–Crippen LogP) is 0.754. The fraction of sp³-hybridized carbons (Fsp3) is 0.750. The summed E-state index contributed by atoms with van der Waals surface area (Å²) in [5.41, 5.74) is 2.98. The summed E-state index contributed by atoms with van der Waals surface area (Å²) in [6, 6.07) is 4.39. The van der Waals surface area contributed by atoms with Crippen LogP contribution in [0.3, 0.4) is 0 Å². The van der Waals surface area contributed by atoms with Crippen LogP contribution >= 0.6 is 0 Å². The number of fused-ring (bicyclic) bond motifs is 1. The SMILES string of the molecule is CC[C@@]1(C)[C@]2(C#N)C(N)=NC(OC)(OC)[C@]12C#N. The van der Waals surface area contributed by atoms with E-state index in [4.69, 9.17) is 15.2 Å². The second-order valence-corrected chi connectivity index (χ2v) is 4.90. The quantitative estimate of drug-likeness (QED) is 0.742. The van der Waals surface area contributed by atoms with Gasteiger partial charge in [0.05, 0.1) is 12.1 Å². The Morgan fingerprint density at radius 3 is 2.11 bits per heavy atom. The third kappa shape index (κ3) is 0.754. The lowest BCUT2D eigenvalue weighted by molar-refractivity contribution is -0.236. The molecule has 2 N–H and O–H groups in total. The molecule has 0 spiro atoms. The van der Waals surface area contributed by atoms with Crippen molar-refractivity contribution in [3.63, 3.8) is 0 Å². The van der Waals surface area contributed by atoms with Crippen molar-refractivity contribution in [2.75, 3.05) is 14.2 Å². The van der Waals surface area contributed by atoms with Gasteiger partial charge in [0.15, 0.2) is 5.41 Å². The van der Waals surface area contributed by atoms with E-state index in [1.807, 2.05) is 13.8 Å². The van der Waals surface area contributed by atoms with E-state index in [1.165, 1.54) is 14.2 Å². The lowest BCUT2D eigenvalue weighted by Gasteiger charge is -2.31. The number of hydrogen-bond acceptors (Lipinski definition) is 6. The summed E-state index contributed by atoms with van der Waals surface area (Å²) in [6.07, 6.45) is 0.610. The first-order chi connectivity index (χ1) is 8.43. The highest BCUT2D eigenvalue weighted by molar-refractivity contribution is 6.00. The number of ether oxygens (including phenoxy) is 2. The number of methoxy groups -OCH3 is 2. The van der Waals surface area contributed by atoms with Crippen LogP contribution in [0, 0.1) is 38.9 Å². The van der Waals surface area contributed by atoms with Gasteiger partial charge in [-0.2, -0.15) is 10.5 Å². The summed E-state index contributed by atoms with van der Waals surface area (Å²) in [5.74, 6) is -1.37. The Bertz CT molecular complexity index is 513. The Morgan fingerprint density at radius 2 is 1.83 bits per heavy atom. The van der Waals surface area contributed by atoms with Gasteiger partial charge in [-0.25, -0.2) is 4.99 Å². The van der Waals surface area contributed by atoms with E-state index < -0.39 is 22.2 Å². The van der Waals surface area contributed by atoms with Crippen molar-refractivity contribution in [2.24, 2.45) is 27.0 Å². The fourth-order valence-corrected chi connectivity index (χ4v) is 3.72. The largest absolute Gasteiger partial charge is 0.386 e.